The van der Waals surface area contributed by atoms with Gasteiger partial charge in [-0.25, -0.2) is 4.98 Å². The molecule has 1 aromatic rings. The Morgan fingerprint density at radius 2 is 2.47 bits per heavy atom. The topological polar surface area (TPSA) is 42.3 Å². The van der Waals surface area contributed by atoms with Gasteiger partial charge >= 0.3 is 0 Å². The van der Waals surface area contributed by atoms with Gasteiger partial charge in [0.05, 0.1) is 12.6 Å². The number of nitrogens with one attached hydrogen (secondary N) is 1. The Labute approximate surface area is 114 Å². The van der Waals surface area contributed by atoms with E-state index in [1.807, 2.05) is 6.20 Å². The number of hydrogen-bond acceptors (Lipinski definition) is 4. The highest BCUT2D eigenvalue weighted by atomic mass is 16.5. The molecule has 2 aliphatic heterocycles. The molecule has 0 saturated carbocycles. The summed E-state index contributed by atoms with van der Waals surface area (Å²) in [5, 5.41) is 3.60. The molecule has 1 N–H and O–H groups in total. The van der Waals surface area contributed by atoms with E-state index in [0.29, 0.717) is 12.1 Å². The molecule has 0 aliphatic carbocycles. The number of fused-ring (bicyclic) bond motifs is 1. The largest absolute Gasteiger partial charge is 0.377 e. The lowest BCUT2D eigenvalue weighted by molar-refractivity contribution is 0.0821. The molecular formula is C14H24N4O. The Balaban J connectivity index is 1.39. The lowest BCUT2D eigenvalue weighted by Gasteiger charge is -2.28. The van der Waals surface area contributed by atoms with Gasteiger partial charge in [0.1, 0.15) is 5.82 Å². The van der Waals surface area contributed by atoms with Gasteiger partial charge in [-0.15, -0.1) is 0 Å². The third-order valence-corrected chi connectivity index (χ3v) is 4.24. The smallest absolute Gasteiger partial charge is 0.122 e. The van der Waals surface area contributed by atoms with Gasteiger partial charge in [0.2, 0.25) is 0 Å². The van der Waals surface area contributed by atoms with E-state index in [4.69, 9.17) is 4.74 Å². The molecule has 19 heavy (non-hydrogen) atoms. The van der Waals surface area contributed by atoms with Crippen LogP contribution >= 0.6 is 0 Å². The zero-order chi connectivity index (χ0) is 13.1. The molecule has 2 unspecified atom stereocenters. The van der Waals surface area contributed by atoms with E-state index in [1.54, 1.807) is 0 Å². The van der Waals surface area contributed by atoms with Crippen molar-refractivity contribution in [1.82, 2.24) is 19.8 Å². The minimum atomic E-state index is 0.417. The van der Waals surface area contributed by atoms with Crippen molar-refractivity contribution in [2.75, 3.05) is 26.2 Å². The third-order valence-electron chi connectivity index (χ3n) is 4.24. The lowest BCUT2D eigenvalue weighted by Crippen LogP contribution is -2.43. The first-order valence-electron chi connectivity index (χ1n) is 7.40. The van der Waals surface area contributed by atoms with Crippen molar-refractivity contribution in [1.29, 1.82) is 0 Å². The van der Waals surface area contributed by atoms with Crippen LogP contribution in [0.5, 0.6) is 0 Å². The Hall–Kier alpha value is -0.910. The average Bonchev–Trinajstić information content (AvgIpc) is 3.09. The molecule has 2 atom stereocenters. The Kier molecular flexibility index (Phi) is 4.15. The van der Waals surface area contributed by atoms with Crippen LogP contribution in [0.25, 0.3) is 0 Å². The van der Waals surface area contributed by atoms with Crippen molar-refractivity contribution >= 4 is 0 Å². The van der Waals surface area contributed by atoms with Crippen LogP contribution in [0.1, 0.15) is 25.6 Å². The fourth-order valence-electron chi connectivity index (χ4n) is 2.99. The lowest BCUT2D eigenvalue weighted by atomic mass is 10.1. The number of hydrogen-bond donors (Lipinski definition) is 1. The third kappa shape index (κ3) is 3.16. The van der Waals surface area contributed by atoms with Gasteiger partial charge in [-0.1, -0.05) is 0 Å². The summed E-state index contributed by atoms with van der Waals surface area (Å²) in [6.07, 6.45) is 6.81. The highest BCUT2D eigenvalue weighted by Gasteiger charge is 2.22. The molecule has 1 fully saturated rings. The van der Waals surface area contributed by atoms with Crippen LogP contribution in [-0.4, -0.2) is 52.8 Å². The van der Waals surface area contributed by atoms with Crippen LogP contribution in [0.4, 0.5) is 0 Å². The summed E-state index contributed by atoms with van der Waals surface area (Å²) < 4.78 is 7.95. The second-order valence-corrected chi connectivity index (χ2v) is 5.61. The first-order valence-corrected chi connectivity index (χ1v) is 7.40. The van der Waals surface area contributed by atoms with E-state index in [2.05, 4.69) is 32.9 Å². The van der Waals surface area contributed by atoms with Gasteiger partial charge in [-0.2, -0.15) is 0 Å². The zero-order valence-corrected chi connectivity index (χ0v) is 11.7. The maximum atomic E-state index is 5.70. The molecule has 0 aromatic carbocycles. The van der Waals surface area contributed by atoms with Crippen molar-refractivity contribution in [2.24, 2.45) is 0 Å². The fourth-order valence-corrected chi connectivity index (χ4v) is 2.99. The molecule has 0 radical (unpaired) electrons. The number of nitrogens with zero attached hydrogens (tertiary/aromatic N) is 3. The molecule has 106 valence electrons. The van der Waals surface area contributed by atoms with Crippen LogP contribution in [0.3, 0.4) is 0 Å². The van der Waals surface area contributed by atoms with Crippen LogP contribution < -0.4 is 5.32 Å². The molecule has 2 aliphatic rings. The number of ether oxygens (including phenoxy) is 1. The van der Waals surface area contributed by atoms with Crippen LogP contribution in [-0.2, 0) is 17.8 Å². The summed E-state index contributed by atoms with van der Waals surface area (Å²) in [7, 11) is 0. The molecule has 0 bridgehead atoms. The van der Waals surface area contributed by atoms with Gasteiger partial charge in [-0.3, -0.25) is 4.90 Å². The molecule has 1 saturated heterocycles. The van der Waals surface area contributed by atoms with Crippen molar-refractivity contribution in [2.45, 2.75) is 45.0 Å². The SMILES string of the molecule is CC(NCCN1CCn2ccnc2C1)C1CCCO1. The predicted molar refractivity (Wildman–Crippen MR) is 73.9 cm³/mol. The van der Waals surface area contributed by atoms with Crippen molar-refractivity contribution in [3.05, 3.63) is 18.2 Å². The number of rotatable bonds is 5. The Morgan fingerprint density at radius 3 is 3.32 bits per heavy atom. The molecule has 1 aromatic heterocycles. The van der Waals surface area contributed by atoms with Crippen LogP contribution in [0, 0.1) is 0 Å². The molecule has 5 heteroatoms. The second kappa shape index (κ2) is 6.03. The Bertz CT molecular complexity index is 400. The summed E-state index contributed by atoms with van der Waals surface area (Å²) >= 11 is 0. The first-order chi connectivity index (χ1) is 9.33. The summed E-state index contributed by atoms with van der Waals surface area (Å²) in [6, 6.07) is 0.467. The van der Waals surface area contributed by atoms with Gasteiger partial charge in [-0.05, 0) is 19.8 Å². The van der Waals surface area contributed by atoms with Gasteiger partial charge in [0.15, 0.2) is 0 Å². The van der Waals surface area contributed by atoms with Crippen LogP contribution in [0.15, 0.2) is 12.4 Å². The fraction of sp³-hybridized carbons (Fsp3) is 0.786. The monoisotopic (exact) mass is 264 g/mol. The van der Waals surface area contributed by atoms with E-state index in [0.717, 1.165) is 39.3 Å². The van der Waals surface area contributed by atoms with Gasteiger partial charge in [0.25, 0.3) is 0 Å². The first kappa shape index (κ1) is 13.1. The van der Waals surface area contributed by atoms with Gasteiger partial charge in [0, 0.05) is 51.2 Å². The zero-order valence-electron chi connectivity index (χ0n) is 11.7. The molecule has 0 spiro atoms. The minimum Gasteiger partial charge on any atom is -0.377 e. The highest BCUT2D eigenvalue weighted by Crippen LogP contribution is 2.15. The summed E-state index contributed by atoms with van der Waals surface area (Å²) in [4.78, 5) is 6.86. The molecule has 0 amide bonds. The average molecular weight is 264 g/mol. The van der Waals surface area contributed by atoms with Crippen molar-refractivity contribution in [3.8, 4) is 0 Å². The van der Waals surface area contributed by atoms with Gasteiger partial charge < -0.3 is 14.6 Å². The Morgan fingerprint density at radius 1 is 1.53 bits per heavy atom. The quantitative estimate of drug-likeness (QED) is 0.856. The molecule has 3 heterocycles. The normalized spacial score (nSPS) is 25.4. The van der Waals surface area contributed by atoms with E-state index in [1.165, 1.54) is 18.7 Å². The number of imidazole rings is 1. The minimum absolute atomic E-state index is 0.417. The summed E-state index contributed by atoms with van der Waals surface area (Å²) in [6.45, 7) is 8.45. The van der Waals surface area contributed by atoms with Crippen molar-refractivity contribution < 1.29 is 4.74 Å². The van der Waals surface area contributed by atoms with E-state index < -0.39 is 0 Å². The standard InChI is InChI=1S/C14H24N4O/c1-12(13-3-2-10-19-13)15-4-6-17-8-9-18-7-5-16-14(18)11-17/h5,7,12-13,15H,2-4,6,8-11H2,1H3. The molecule has 5 nitrogen and oxygen atoms in total. The van der Waals surface area contributed by atoms with E-state index in [-0.39, 0.29) is 0 Å². The molecular weight excluding hydrogens is 240 g/mol. The highest BCUT2D eigenvalue weighted by molar-refractivity contribution is 4.95. The maximum Gasteiger partial charge on any atom is 0.122 e. The van der Waals surface area contributed by atoms with E-state index >= 15 is 0 Å². The van der Waals surface area contributed by atoms with E-state index in [9.17, 15) is 0 Å². The van der Waals surface area contributed by atoms with Crippen LogP contribution in [0.2, 0.25) is 0 Å². The summed E-state index contributed by atoms with van der Waals surface area (Å²) in [5.74, 6) is 1.19. The van der Waals surface area contributed by atoms with Crippen molar-refractivity contribution in [3.63, 3.8) is 0 Å². The predicted octanol–water partition coefficient (Wildman–Crippen LogP) is 0.856. The molecule has 3 rings (SSSR count). The number of aromatic nitrogens is 2. The second-order valence-electron chi connectivity index (χ2n) is 5.61. The maximum absolute atomic E-state index is 5.70. The summed E-state index contributed by atoms with van der Waals surface area (Å²) in [5.41, 5.74) is 0.